The number of hydrogen-bond donors (Lipinski definition) is 1. The standard InChI is InChI=1S/C14H17FN2O3S2/c15-11-2-1-3-12(6-11)22(19,20)17-9-21-8-13(17)14(18)16-7-10-4-5-10/h1-3,6,10,13H,4-5,7-9H2,(H,16,18)/t13-/m1/s1. The van der Waals surface area contributed by atoms with Crippen LogP contribution in [-0.4, -0.2) is 42.8 Å². The van der Waals surface area contributed by atoms with Gasteiger partial charge in [0.05, 0.1) is 10.8 Å². The molecule has 1 N–H and O–H groups in total. The Hall–Kier alpha value is -1.12. The van der Waals surface area contributed by atoms with Gasteiger partial charge in [-0.1, -0.05) is 6.07 Å². The predicted octanol–water partition coefficient (Wildman–Crippen LogP) is 1.42. The van der Waals surface area contributed by atoms with Crippen molar-refractivity contribution in [1.82, 2.24) is 9.62 Å². The second-order valence-electron chi connectivity index (χ2n) is 5.55. The number of benzene rings is 1. The first-order valence-electron chi connectivity index (χ1n) is 7.11. The molecule has 5 nitrogen and oxygen atoms in total. The molecule has 0 spiro atoms. The highest BCUT2D eigenvalue weighted by molar-refractivity contribution is 8.00. The quantitative estimate of drug-likeness (QED) is 0.877. The van der Waals surface area contributed by atoms with Crippen molar-refractivity contribution in [3.05, 3.63) is 30.1 Å². The lowest BCUT2D eigenvalue weighted by atomic mass is 10.3. The summed E-state index contributed by atoms with van der Waals surface area (Å²) in [6.45, 7) is 0.605. The van der Waals surface area contributed by atoms with Gasteiger partial charge in [0.1, 0.15) is 11.9 Å². The second kappa shape index (κ2) is 6.17. The summed E-state index contributed by atoms with van der Waals surface area (Å²) in [5.41, 5.74) is 0. The molecule has 2 aliphatic rings. The molecule has 1 saturated heterocycles. The molecule has 1 amide bonds. The third-order valence-electron chi connectivity index (χ3n) is 3.81. The van der Waals surface area contributed by atoms with E-state index in [0.717, 1.165) is 23.2 Å². The van der Waals surface area contributed by atoms with Crippen molar-refractivity contribution in [2.75, 3.05) is 18.2 Å². The molecular weight excluding hydrogens is 327 g/mol. The summed E-state index contributed by atoms with van der Waals surface area (Å²) in [7, 11) is -3.87. The molecule has 120 valence electrons. The van der Waals surface area contributed by atoms with E-state index in [2.05, 4.69) is 5.32 Å². The third kappa shape index (κ3) is 3.28. The van der Waals surface area contributed by atoms with Crippen LogP contribution in [0.5, 0.6) is 0 Å². The van der Waals surface area contributed by atoms with Gasteiger partial charge in [-0.05, 0) is 37.0 Å². The number of carbonyl (C=O) groups excluding carboxylic acids is 1. The zero-order valence-electron chi connectivity index (χ0n) is 11.9. The summed E-state index contributed by atoms with van der Waals surface area (Å²) in [6.07, 6.45) is 2.23. The lowest BCUT2D eigenvalue weighted by molar-refractivity contribution is -0.123. The Morgan fingerprint density at radius 1 is 1.41 bits per heavy atom. The Morgan fingerprint density at radius 2 is 2.18 bits per heavy atom. The topological polar surface area (TPSA) is 66.5 Å². The van der Waals surface area contributed by atoms with Crippen molar-refractivity contribution in [3.63, 3.8) is 0 Å². The van der Waals surface area contributed by atoms with E-state index in [0.29, 0.717) is 18.2 Å². The lowest BCUT2D eigenvalue weighted by Gasteiger charge is -2.22. The van der Waals surface area contributed by atoms with Gasteiger partial charge in [-0.2, -0.15) is 4.31 Å². The predicted molar refractivity (Wildman–Crippen MR) is 82.3 cm³/mol. The highest BCUT2D eigenvalue weighted by atomic mass is 32.2. The van der Waals surface area contributed by atoms with Crippen LogP contribution in [0.3, 0.4) is 0 Å². The van der Waals surface area contributed by atoms with Gasteiger partial charge < -0.3 is 5.32 Å². The van der Waals surface area contributed by atoms with E-state index in [1.807, 2.05) is 0 Å². The number of halogens is 1. The van der Waals surface area contributed by atoms with Crippen molar-refractivity contribution in [3.8, 4) is 0 Å². The molecule has 1 heterocycles. The molecule has 3 rings (SSSR count). The minimum atomic E-state index is -3.87. The Balaban J connectivity index is 1.77. The fourth-order valence-corrected chi connectivity index (χ4v) is 5.50. The zero-order valence-corrected chi connectivity index (χ0v) is 13.5. The summed E-state index contributed by atoms with van der Waals surface area (Å²) in [5.74, 6) is 0.289. The van der Waals surface area contributed by atoms with Crippen molar-refractivity contribution >= 4 is 27.7 Å². The van der Waals surface area contributed by atoms with E-state index in [9.17, 15) is 17.6 Å². The molecule has 1 aromatic rings. The molecule has 1 aromatic carbocycles. The number of thioether (sulfide) groups is 1. The molecule has 0 radical (unpaired) electrons. The van der Waals surface area contributed by atoms with Crippen LogP contribution in [-0.2, 0) is 14.8 Å². The van der Waals surface area contributed by atoms with Crippen molar-refractivity contribution in [2.24, 2.45) is 5.92 Å². The Morgan fingerprint density at radius 3 is 2.86 bits per heavy atom. The third-order valence-corrected chi connectivity index (χ3v) is 6.84. The number of nitrogens with one attached hydrogen (secondary N) is 1. The van der Waals surface area contributed by atoms with Gasteiger partial charge in [-0.3, -0.25) is 4.79 Å². The van der Waals surface area contributed by atoms with Crippen LogP contribution in [0.2, 0.25) is 0 Å². The normalized spacial score (nSPS) is 22.7. The number of sulfonamides is 1. The number of rotatable bonds is 5. The summed E-state index contributed by atoms with van der Waals surface area (Å²) in [6, 6.07) is 4.15. The summed E-state index contributed by atoms with van der Waals surface area (Å²) >= 11 is 1.39. The fraction of sp³-hybridized carbons (Fsp3) is 0.500. The maximum Gasteiger partial charge on any atom is 0.244 e. The first-order valence-corrected chi connectivity index (χ1v) is 9.71. The van der Waals surface area contributed by atoms with Gasteiger partial charge in [-0.15, -0.1) is 11.8 Å². The number of amides is 1. The molecule has 22 heavy (non-hydrogen) atoms. The summed E-state index contributed by atoms with van der Waals surface area (Å²) in [4.78, 5) is 12.1. The van der Waals surface area contributed by atoms with Gasteiger partial charge in [0.25, 0.3) is 0 Å². The highest BCUT2D eigenvalue weighted by Crippen LogP contribution is 2.30. The van der Waals surface area contributed by atoms with Crippen LogP contribution in [0.15, 0.2) is 29.2 Å². The highest BCUT2D eigenvalue weighted by Gasteiger charge is 2.40. The smallest absolute Gasteiger partial charge is 0.244 e. The van der Waals surface area contributed by atoms with Crippen molar-refractivity contribution < 1.29 is 17.6 Å². The van der Waals surface area contributed by atoms with Crippen molar-refractivity contribution in [1.29, 1.82) is 0 Å². The molecule has 1 saturated carbocycles. The SMILES string of the molecule is O=C(NCC1CC1)[C@H]1CSCN1S(=O)(=O)c1cccc(F)c1. The van der Waals surface area contributed by atoms with Gasteiger partial charge in [0.2, 0.25) is 15.9 Å². The molecule has 0 unspecified atom stereocenters. The molecular formula is C14H17FN2O3S2. The molecule has 1 atom stereocenters. The van der Waals surface area contributed by atoms with Gasteiger partial charge >= 0.3 is 0 Å². The first kappa shape index (κ1) is 15.8. The Kier molecular flexibility index (Phi) is 4.42. The fourth-order valence-electron chi connectivity index (χ4n) is 2.32. The number of hydrogen-bond acceptors (Lipinski definition) is 4. The molecule has 0 bridgehead atoms. The Bertz CT molecular complexity index is 676. The average Bonchev–Trinajstić information content (AvgIpc) is 3.18. The molecule has 1 aliphatic heterocycles. The average molecular weight is 344 g/mol. The molecule has 2 fully saturated rings. The maximum absolute atomic E-state index is 13.3. The van der Waals surface area contributed by atoms with E-state index < -0.39 is 21.9 Å². The van der Waals surface area contributed by atoms with E-state index in [-0.39, 0.29) is 16.7 Å². The van der Waals surface area contributed by atoms with E-state index in [1.165, 1.54) is 30.0 Å². The van der Waals surface area contributed by atoms with E-state index in [4.69, 9.17) is 0 Å². The molecule has 8 heteroatoms. The van der Waals surface area contributed by atoms with Crippen LogP contribution < -0.4 is 5.32 Å². The summed E-state index contributed by atoms with van der Waals surface area (Å²) < 4.78 is 39.7. The first-order chi connectivity index (χ1) is 10.5. The minimum absolute atomic E-state index is 0.116. The van der Waals surface area contributed by atoms with Crippen LogP contribution in [0, 0.1) is 11.7 Å². The van der Waals surface area contributed by atoms with Crippen molar-refractivity contribution in [2.45, 2.75) is 23.8 Å². The largest absolute Gasteiger partial charge is 0.354 e. The van der Waals surface area contributed by atoms with Crippen LogP contribution in [0.25, 0.3) is 0 Å². The van der Waals surface area contributed by atoms with Gasteiger partial charge in [0.15, 0.2) is 0 Å². The minimum Gasteiger partial charge on any atom is -0.354 e. The van der Waals surface area contributed by atoms with E-state index in [1.54, 1.807) is 0 Å². The van der Waals surface area contributed by atoms with E-state index >= 15 is 0 Å². The maximum atomic E-state index is 13.3. The molecule has 1 aliphatic carbocycles. The van der Waals surface area contributed by atoms with Crippen LogP contribution in [0.1, 0.15) is 12.8 Å². The zero-order chi connectivity index (χ0) is 15.7. The van der Waals surface area contributed by atoms with Gasteiger partial charge in [0, 0.05) is 12.3 Å². The number of nitrogens with zero attached hydrogens (tertiary/aromatic N) is 1. The van der Waals surface area contributed by atoms with Crippen LogP contribution in [0.4, 0.5) is 4.39 Å². The summed E-state index contributed by atoms with van der Waals surface area (Å²) in [5, 5.41) is 2.82. The lowest BCUT2D eigenvalue weighted by Crippen LogP contribution is -2.47. The van der Waals surface area contributed by atoms with Gasteiger partial charge in [-0.25, -0.2) is 12.8 Å². The van der Waals surface area contributed by atoms with Crippen LogP contribution >= 0.6 is 11.8 Å². The number of carbonyl (C=O) groups is 1. The second-order valence-corrected chi connectivity index (χ2v) is 8.44. The molecule has 0 aromatic heterocycles. The Labute approximate surface area is 133 Å². The monoisotopic (exact) mass is 344 g/mol.